The predicted octanol–water partition coefficient (Wildman–Crippen LogP) is 3.15. The molecule has 112 valence electrons. The minimum atomic E-state index is -0.00901. The van der Waals surface area contributed by atoms with Crippen LogP contribution in [-0.4, -0.2) is 21.6 Å². The molecule has 1 aromatic carbocycles. The molecule has 5 nitrogen and oxygen atoms in total. The highest BCUT2D eigenvalue weighted by atomic mass is 16.5. The zero-order valence-corrected chi connectivity index (χ0v) is 12.5. The molecule has 1 aromatic heterocycles. The van der Waals surface area contributed by atoms with Crippen LogP contribution in [0.15, 0.2) is 30.6 Å². The van der Waals surface area contributed by atoms with E-state index < -0.39 is 0 Å². The lowest BCUT2D eigenvalue weighted by atomic mass is 10.2. The third kappa shape index (κ3) is 3.92. The van der Waals surface area contributed by atoms with E-state index in [1.807, 2.05) is 25.1 Å². The number of ether oxygens (including phenoxy) is 1. The van der Waals surface area contributed by atoms with Crippen molar-refractivity contribution in [3.8, 4) is 11.6 Å². The Morgan fingerprint density at radius 2 is 2.10 bits per heavy atom. The average Bonchev–Trinajstić information content (AvgIpc) is 2.53. The second kappa shape index (κ2) is 7.59. The first-order chi connectivity index (χ1) is 10.3. The van der Waals surface area contributed by atoms with Gasteiger partial charge in [-0.2, -0.15) is 0 Å². The van der Waals surface area contributed by atoms with Crippen LogP contribution in [0.3, 0.4) is 0 Å². The summed E-state index contributed by atoms with van der Waals surface area (Å²) in [7, 11) is 0. The van der Waals surface area contributed by atoms with E-state index in [1.54, 1.807) is 6.07 Å². The van der Waals surface area contributed by atoms with Crippen molar-refractivity contribution < 1.29 is 9.84 Å². The van der Waals surface area contributed by atoms with Gasteiger partial charge in [0.1, 0.15) is 17.9 Å². The fourth-order valence-electron chi connectivity index (χ4n) is 2.02. The van der Waals surface area contributed by atoms with Gasteiger partial charge >= 0.3 is 0 Å². The second-order valence-electron chi connectivity index (χ2n) is 4.69. The Kier molecular flexibility index (Phi) is 5.51. The first kappa shape index (κ1) is 15.3. The SMILES string of the molecule is CCCNc1ncnc(Oc2cccc(CO)c2)c1CC. The summed E-state index contributed by atoms with van der Waals surface area (Å²) >= 11 is 0. The van der Waals surface area contributed by atoms with Crippen molar-refractivity contribution in [2.24, 2.45) is 0 Å². The Balaban J connectivity index is 2.26. The van der Waals surface area contributed by atoms with E-state index in [2.05, 4.69) is 22.2 Å². The number of aliphatic hydroxyl groups is 1. The van der Waals surface area contributed by atoms with E-state index in [1.165, 1.54) is 6.33 Å². The summed E-state index contributed by atoms with van der Waals surface area (Å²) in [6.45, 7) is 5.01. The summed E-state index contributed by atoms with van der Waals surface area (Å²) in [6.07, 6.45) is 3.31. The number of aromatic nitrogens is 2. The van der Waals surface area contributed by atoms with Crippen molar-refractivity contribution in [1.82, 2.24) is 9.97 Å². The van der Waals surface area contributed by atoms with Crippen LogP contribution in [0.2, 0.25) is 0 Å². The molecule has 0 atom stereocenters. The van der Waals surface area contributed by atoms with Crippen molar-refractivity contribution in [3.05, 3.63) is 41.7 Å². The molecule has 21 heavy (non-hydrogen) atoms. The van der Waals surface area contributed by atoms with Crippen molar-refractivity contribution in [1.29, 1.82) is 0 Å². The molecule has 0 saturated heterocycles. The molecule has 0 aliphatic rings. The molecule has 0 fully saturated rings. The number of rotatable bonds is 7. The second-order valence-corrected chi connectivity index (χ2v) is 4.69. The van der Waals surface area contributed by atoms with Crippen molar-refractivity contribution >= 4 is 5.82 Å². The Bertz CT molecular complexity index is 587. The van der Waals surface area contributed by atoms with E-state index in [9.17, 15) is 5.11 Å². The molecular weight excluding hydrogens is 266 g/mol. The summed E-state index contributed by atoms with van der Waals surface area (Å²) in [4.78, 5) is 8.51. The zero-order valence-electron chi connectivity index (χ0n) is 12.5. The van der Waals surface area contributed by atoms with E-state index in [4.69, 9.17) is 4.74 Å². The molecule has 0 spiro atoms. The Hall–Kier alpha value is -2.14. The molecule has 0 saturated carbocycles. The van der Waals surface area contributed by atoms with Gasteiger partial charge in [0.05, 0.1) is 12.2 Å². The lowest BCUT2D eigenvalue weighted by Gasteiger charge is -2.13. The molecule has 0 amide bonds. The highest BCUT2D eigenvalue weighted by molar-refractivity contribution is 5.49. The van der Waals surface area contributed by atoms with Gasteiger partial charge in [0.2, 0.25) is 5.88 Å². The fraction of sp³-hybridized carbons (Fsp3) is 0.375. The summed E-state index contributed by atoms with van der Waals surface area (Å²) in [5.41, 5.74) is 1.77. The van der Waals surface area contributed by atoms with Crippen LogP contribution in [-0.2, 0) is 13.0 Å². The number of anilines is 1. The van der Waals surface area contributed by atoms with Crippen LogP contribution < -0.4 is 10.1 Å². The number of hydrogen-bond acceptors (Lipinski definition) is 5. The normalized spacial score (nSPS) is 10.4. The van der Waals surface area contributed by atoms with Gasteiger partial charge in [-0.15, -0.1) is 0 Å². The van der Waals surface area contributed by atoms with Gasteiger partial charge in [-0.3, -0.25) is 0 Å². The maximum atomic E-state index is 9.18. The molecule has 0 bridgehead atoms. The van der Waals surface area contributed by atoms with Crippen molar-refractivity contribution in [2.75, 3.05) is 11.9 Å². The first-order valence-corrected chi connectivity index (χ1v) is 7.23. The molecule has 0 aliphatic heterocycles. The average molecular weight is 287 g/mol. The maximum absolute atomic E-state index is 9.18. The van der Waals surface area contributed by atoms with E-state index in [0.29, 0.717) is 11.6 Å². The third-order valence-electron chi connectivity index (χ3n) is 3.10. The molecule has 2 aromatic rings. The standard InChI is InChI=1S/C16H21N3O2/c1-3-8-17-15-14(4-2)16(19-11-18-15)21-13-7-5-6-12(9-13)10-20/h5-7,9,11,20H,3-4,8,10H2,1-2H3,(H,17,18,19). The predicted molar refractivity (Wildman–Crippen MR) is 82.6 cm³/mol. The molecule has 5 heteroatoms. The van der Waals surface area contributed by atoms with Gasteiger partial charge in [0.25, 0.3) is 0 Å². The van der Waals surface area contributed by atoms with Crippen LogP contribution in [0, 0.1) is 0 Å². The Morgan fingerprint density at radius 1 is 1.24 bits per heavy atom. The summed E-state index contributed by atoms with van der Waals surface area (Å²) in [5, 5.41) is 12.5. The quantitative estimate of drug-likeness (QED) is 0.819. The molecule has 1 heterocycles. The summed E-state index contributed by atoms with van der Waals surface area (Å²) in [6, 6.07) is 7.35. The largest absolute Gasteiger partial charge is 0.439 e. The number of nitrogens with zero attached hydrogens (tertiary/aromatic N) is 2. The number of aliphatic hydroxyl groups excluding tert-OH is 1. The molecular formula is C16H21N3O2. The van der Waals surface area contributed by atoms with E-state index >= 15 is 0 Å². The van der Waals surface area contributed by atoms with Gasteiger partial charge in [-0.25, -0.2) is 9.97 Å². The van der Waals surface area contributed by atoms with Crippen LogP contribution in [0.1, 0.15) is 31.4 Å². The van der Waals surface area contributed by atoms with Crippen LogP contribution in [0.5, 0.6) is 11.6 Å². The van der Waals surface area contributed by atoms with E-state index in [-0.39, 0.29) is 6.61 Å². The molecule has 0 aliphatic carbocycles. The maximum Gasteiger partial charge on any atom is 0.227 e. The van der Waals surface area contributed by atoms with E-state index in [0.717, 1.165) is 36.3 Å². The monoisotopic (exact) mass is 287 g/mol. The highest BCUT2D eigenvalue weighted by Gasteiger charge is 2.11. The minimum Gasteiger partial charge on any atom is -0.439 e. The molecule has 2 N–H and O–H groups in total. The number of hydrogen-bond donors (Lipinski definition) is 2. The lowest BCUT2D eigenvalue weighted by molar-refractivity contribution is 0.281. The van der Waals surface area contributed by atoms with Gasteiger partial charge in [0.15, 0.2) is 0 Å². The zero-order chi connectivity index (χ0) is 15.1. The third-order valence-corrected chi connectivity index (χ3v) is 3.10. The Morgan fingerprint density at radius 3 is 2.81 bits per heavy atom. The first-order valence-electron chi connectivity index (χ1n) is 7.23. The van der Waals surface area contributed by atoms with Gasteiger partial charge in [-0.1, -0.05) is 26.0 Å². The smallest absolute Gasteiger partial charge is 0.227 e. The van der Waals surface area contributed by atoms with Crippen molar-refractivity contribution in [3.63, 3.8) is 0 Å². The van der Waals surface area contributed by atoms with Crippen molar-refractivity contribution in [2.45, 2.75) is 33.3 Å². The fourth-order valence-corrected chi connectivity index (χ4v) is 2.02. The number of benzene rings is 1. The molecule has 0 radical (unpaired) electrons. The molecule has 2 rings (SSSR count). The minimum absolute atomic E-state index is 0.00901. The van der Waals surface area contributed by atoms with Gasteiger partial charge in [-0.05, 0) is 30.5 Å². The number of nitrogens with one attached hydrogen (secondary N) is 1. The van der Waals surface area contributed by atoms with Gasteiger partial charge < -0.3 is 15.2 Å². The van der Waals surface area contributed by atoms with Crippen LogP contribution >= 0.6 is 0 Å². The molecule has 0 unspecified atom stereocenters. The van der Waals surface area contributed by atoms with Crippen LogP contribution in [0.4, 0.5) is 5.82 Å². The van der Waals surface area contributed by atoms with Crippen LogP contribution in [0.25, 0.3) is 0 Å². The Labute approximate surface area is 125 Å². The summed E-state index contributed by atoms with van der Waals surface area (Å²) < 4.78 is 5.86. The van der Waals surface area contributed by atoms with Gasteiger partial charge in [0, 0.05) is 6.54 Å². The highest BCUT2D eigenvalue weighted by Crippen LogP contribution is 2.27. The topological polar surface area (TPSA) is 67.3 Å². The summed E-state index contributed by atoms with van der Waals surface area (Å²) in [5.74, 6) is 2.04. The lowest BCUT2D eigenvalue weighted by Crippen LogP contribution is -2.07.